The van der Waals surface area contributed by atoms with Crippen molar-refractivity contribution < 1.29 is 18.8 Å². The Kier molecular flexibility index (Phi) is 5.99. The predicted molar refractivity (Wildman–Crippen MR) is 114 cm³/mol. The number of hydrogen-bond acceptors (Lipinski definition) is 6. The SMILES string of the molecule is COc1cccc(-c2cc(C(=O)N(C)Cc3ccccc3N3CCOCC3)on2)c1. The van der Waals surface area contributed by atoms with Gasteiger partial charge >= 0.3 is 0 Å². The molecule has 7 heteroatoms. The lowest BCUT2D eigenvalue weighted by Gasteiger charge is -2.31. The van der Waals surface area contributed by atoms with E-state index in [1.54, 1.807) is 25.1 Å². The molecule has 1 aliphatic rings. The van der Waals surface area contributed by atoms with E-state index < -0.39 is 0 Å². The summed E-state index contributed by atoms with van der Waals surface area (Å²) in [7, 11) is 3.38. The summed E-state index contributed by atoms with van der Waals surface area (Å²) in [6.45, 7) is 3.60. The monoisotopic (exact) mass is 407 g/mol. The van der Waals surface area contributed by atoms with Crippen molar-refractivity contribution in [3.63, 3.8) is 0 Å². The predicted octanol–water partition coefficient (Wildman–Crippen LogP) is 3.46. The number of anilines is 1. The zero-order valence-corrected chi connectivity index (χ0v) is 17.2. The van der Waals surface area contributed by atoms with Crippen molar-refractivity contribution in [3.05, 3.63) is 65.9 Å². The van der Waals surface area contributed by atoms with Crippen molar-refractivity contribution >= 4 is 11.6 Å². The van der Waals surface area contributed by atoms with Gasteiger partial charge in [-0.1, -0.05) is 35.5 Å². The highest BCUT2D eigenvalue weighted by Gasteiger charge is 2.21. The van der Waals surface area contributed by atoms with Gasteiger partial charge in [0.2, 0.25) is 5.76 Å². The molecule has 0 spiro atoms. The van der Waals surface area contributed by atoms with E-state index in [0.717, 1.165) is 35.7 Å². The van der Waals surface area contributed by atoms with Gasteiger partial charge in [-0.05, 0) is 23.8 Å². The number of morpholine rings is 1. The summed E-state index contributed by atoms with van der Waals surface area (Å²) in [6, 6.07) is 17.3. The molecule has 0 radical (unpaired) electrons. The Labute approximate surface area is 175 Å². The second kappa shape index (κ2) is 9.00. The molecule has 2 aromatic carbocycles. The number of amides is 1. The van der Waals surface area contributed by atoms with E-state index in [2.05, 4.69) is 22.2 Å². The van der Waals surface area contributed by atoms with Gasteiger partial charge in [-0.15, -0.1) is 0 Å². The number of para-hydroxylation sites is 1. The van der Waals surface area contributed by atoms with Crippen LogP contribution in [0.2, 0.25) is 0 Å². The van der Waals surface area contributed by atoms with E-state index in [0.29, 0.717) is 25.5 Å². The average molecular weight is 407 g/mol. The Morgan fingerprint density at radius 2 is 1.93 bits per heavy atom. The molecule has 1 amide bonds. The quantitative estimate of drug-likeness (QED) is 0.623. The van der Waals surface area contributed by atoms with Gasteiger partial charge in [0.1, 0.15) is 11.4 Å². The third-order valence-corrected chi connectivity index (χ3v) is 5.18. The molecule has 0 unspecified atom stereocenters. The molecule has 0 atom stereocenters. The Morgan fingerprint density at radius 1 is 1.13 bits per heavy atom. The number of nitrogens with zero attached hydrogens (tertiary/aromatic N) is 3. The number of rotatable bonds is 6. The van der Waals surface area contributed by atoms with Crippen LogP contribution in [0.1, 0.15) is 16.1 Å². The third kappa shape index (κ3) is 4.31. The van der Waals surface area contributed by atoms with Crippen LogP contribution in [-0.4, -0.2) is 56.4 Å². The molecule has 0 N–H and O–H groups in total. The molecular formula is C23H25N3O4. The van der Waals surface area contributed by atoms with Gasteiger partial charge in [0.25, 0.3) is 5.91 Å². The summed E-state index contributed by atoms with van der Waals surface area (Å²) in [5, 5.41) is 4.06. The van der Waals surface area contributed by atoms with E-state index in [9.17, 15) is 4.79 Å². The van der Waals surface area contributed by atoms with Crippen molar-refractivity contribution in [3.8, 4) is 17.0 Å². The van der Waals surface area contributed by atoms with Crippen LogP contribution in [-0.2, 0) is 11.3 Å². The van der Waals surface area contributed by atoms with E-state index in [1.165, 1.54) is 0 Å². The van der Waals surface area contributed by atoms with Crippen LogP contribution in [0.5, 0.6) is 5.75 Å². The van der Waals surface area contributed by atoms with Crippen molar-refractivity contribution in [2.24, 2.45) is 0 Å². The maximum Gasteiger partial charge on any atom is 0.292 e. The number of carbonyl (C=O) groups excluding carboxylic acids is 1. The fraction of sp³-hybridized carbons (Fsp3) is 0.304. The summed E-state index contributed by atoms with van der Waals surface area (Å²) in [5.41, 5.74) is 3.65. The molecule has 1 aliphatic heterocycles. The molecule has 2 heterocycles. The normalized spacial score (nSPS) is 13.9. The minimum atomic E-state index is -0.214. The summed E-state index contributed by atoms with van der Waals surface area (Å²) < 4.78 is 16.1. The van der Waals surface area contributed by atoms with Crippen molar-refractivity contribution in [2.45, 2.75) is 6.54 Å². The lowest BCUT2D eigenvalue weighted by molar-refractivity contribution is 0.0743. The molecule has 1 saturated heterocycles. The van der Waals surface area contributed by atoms with Crippen LogP contribution in [0.3, 0.4) is 0 Å². The van der Waals surface area contributed by atoms with Crippen LogP contribution in [0, 0.1) is 0 Å². The fourth-order valence-corrected chi connectivity index (χ4v) is 3.57. The lowest BCUT2D eigenvalue weighted by Crippen LogP contribution is -2.37. The van der Waals surface area contributed by atoms with Gasteiger partial charge in [-0.2, -0.15) is 0 Å². The summed E-state index contributed by atoms with van der Waals surface area (Å²) >= 11 is 0. The van der Waals surface area contributed by atoms with Gasteiger partial charge in [-0.25, -0.2) is 0 Å². The van der Waals surface area contributed by atoms with Gasteiger partial charge in [0, 0.05) is 44.0 Å². The van der Waals surface area contributed by atoms with Gasteiger partial charge in [0.05, 0.1) is 20.3 Å². The van der Waals surface area contributed by atoms with Gasteiger partial charge < -0.3 is 23.8 Å². The minimum absolute atomic E-state index is 0.208. The molecule has 7 nitrogen and oxygen atoms in total. The zero-order chi connectivity index (χ0) is 20.9. The molecule has 0 bridgehead atoms. The van der Waals surface area contributed by atoms with Crippen LogP contribution in [0.25, 0.3) is 11.3 Å². The Morgan fingerprint density at radius 3 is 2.73 bits per heavy atom. The fourth-order valence-electron chi connectivity index (χ4n) is 3.57. The average Bonchev–Trinajstić information content (AvgIpc) is 3.30. The second-order valence-electron chi connectivity index (χ2n) is 7.20. The van der Waals surface area contributed by atoms with Crippen LogP contribution in [0.15, 0.2) is 59.1 Å². The Balaban J connectivity index is 1.49. The maximum absolute atomic E-state index is 12.9. The molecule has 0 saturated carbocycles. The molecular weight excluding hydrogens is 382 g/mol. The summed E-state index contributed by atoms with van der Waals surface area (Å²) in [6.07, 6.45) is 0. The number of benzene rings is 2. The standard InChI is InChI=1S/C23H25N3O4/c1-25(16-18-6-3-4-9-21(18)26-10-12-29-13-11-26)23(27)22-15-20(24-30-22)17-7-5-8-19(14-17)28-2/h3-9,14-15H,10-13,16H2,1-2H3. The highest BCUT2D eigenvalue weighted by Crippen LogP contribution is 2.25. The maximum atomic E-state index is 12.9. The van der Waals surface area contributed by atoms with Gasteiger partial charge in [0.15, 0.2) is 0 Å². The van der Waals surface area contributed by atoms with E-state index in [-0.39, 0.29) is 11.7 Å². The first-order valence-electron chi connectivity index (χ1n) is 9.93. The first-order chi connectivity index (χ1) is 14.7. The smallest absolute Gasteiger partial charge is 0.292 e. The first kappa shape index (κ1) is 20.0. The molecule has 1 aromatic heterocycles. The van der Waals surface area contributed by atoms with Crippen LogP contribution >= 0.6 is 0 Å². The van der Waals surface area contributed by atoms with Crippen LogP contribution in [0.4, 0.5) is 5.69 Å². The molecule has 4 rings (SSSR count). The zero-order valence-electron chi connectivity index (χ0n) is 17.2. The Hall–Kier alpha value is -3.32. The number of ether oxygens (including phenoxy) is 2. The van der Waals surface area contributed by atoms with E-state index >= 15 is 0 Å². The minimum Gasteiger partial charge on any atom is -0.497 e. The third-order valence-electron chi connectivity index (χ3n) is 5.18. The largest absolute Gasteiger partial charge is 0.497 e. The molecule has 30 heavy (non-hydrogen) atoms. The van der Waals surface area contributed by atoms with E-state index in [4.69, 9.17) is 14.0 Å². The molecule has 0 aliphatic carbocycles. The lowest BCUT2D eigenvalue weighted by atomic mass is 10.1. The van der Waals surface area contributed by atoms with E-state index in [1.807, 2.05) is 36.4 Å². The van der Waals surface area contributed by atoms with Crippen molar-refractivity contribution in [1.29, 1.82) is 0 Å². The summed E-state index contributed by atoms with van der Waals surface area (Å²) in [4.78, 5) is 16.9. The second-order valence-corrected chi connectivity index (χ2v) is 7.20. The Bertz CT molecular complexity index is 1010. The highest BCUT2D eigenvalue weighted by atomic mass is 16.5. The van der Waals surface area contributed by atoms with Crippen molar-refractivity contribution in [2.75, 3.05) is 45.4 Å². The molecule has 1 fully saturated rings. The number of carbonyl (C=O) groups is 1. The highest BCUT2D eigenvalue weighted by molar-refractivity contribution is 5.92. The van der Waals surface area contributed by atoms with Gasteiger partial charge in [-0.3, -0.25) is 4.79 Å². The van der Waals surface area contributed by atoms with Crippen LogP contribution < -0.4 is 9.64 Å². The number of methoxy groups -OCH3 is 1. The number of hydrogen-bond donors (Lipinski definition) is 0. The summed E-state index contributed by atoms with van der Waals surface area (Å²) in [5.74, 6) is 0.716. The first-order valence-corrected chi connectivity index (χ1v) is 9.93. The molecule has 156 valence electrons. The topological polar surface area (TPSA) is 68.0 Å². The molecule has 3 aromatic rings. The van der Waals surface area contributed by atoms with Crippen molar-refractivity contribution in [1.82, 2.24) is 10.1 Å². The number of aromatic nitrogens is 1.